The van der Waals surface area contributed by atoms with E-state index in [1.54, 1.807) is 43.5 Å². The summed E-state index contributed by atoms with van der Waals surface area (Å²) in [6.45, 7) is 3.37. The first-order valence-corrected chi connectivity index (χ1v) is 8.96. The van der Waals surface area contributed by atoms with Crippen molar-refractivity contribution in [2.45, 2.75) is 20.1 Å². The smallest absolute Gasteiger partial charge is 0.247 e. The van der Waals surface area contributed by atoms with Crippen LogP contribution in [-0.4, -0.2) is 37.6 Å². The second-order valence-corrected chi connectivity index (χ2v) is 6.55. The maximum Gasteiger partial charge on any atom is 0.247 e. The number of aryl methyl sites for hydroxylation is 1. The lowest BCUT2D eigenvalue weighted by Crippen LogP contribution is -2.25. The van der Waals surface area contributed by atoms with Gasteiger partial charge in [0.05, 0.1) is 19.8 Å². The predicted molar refractivity (Wildman–Crippen MR) is 105 cm³/mol. The highest BCUT2D eigenvalue weighted by Gasteiger charge is 2.35. The van der Waals surface area contributed by atoms with Crippen LogP contribution in [0.15, 0.2) is 41.5 Å². The zero-order chi connectivity index (χ0) is 20.3. The van der Waals surface area contributed by atoms with Crippen LogP contribution in [0.25, 0.3) is 0 Å². The van der Waals surface area contributed by atoms with Gasteiger partial charge in [-0.15, -0.1) is 5.10 Å². The fraction of sp³-hybridized carbons (Fsp3) is 0.300. The third-order valence-electron chi connectivity index (χ3n) is 4.20. The molecule has 0 saturated heterocycles. The van der Waals surface area contributed by atoms with Crippen LogP contribution in [0.5, 0.6) is 17.2 Å². The lowest BCUT2D eigenvalue weighted by atomic mass is 10.1. The van der Waals surface area contributed by atoms with Gasteiger partial charge in [0.2, 0.25) is 18.0 Å². The normalized spacial score (nSPS) is 15.7. The summed E-state index contributed by atoms with van der Waals surface area (Å²) in [6.07, 6.45) is -0.771. The molecule has 0 saturated carbocycles. The van der Waals surface area contributed by atoms with Crippen LogP contribution < -0.4 is 14.2 Å². The van der Waals surface area contributed by atoms with E-state index in [9.17, 15) is 4.79 Å². The molecule has 0 unspecified atom stereocenters. The molecule has 3 rings (SSSR count). The Kier molecular flexibility index (Phi) is 5.94. The number of halogens is 1. The first-order valence-electron chi connectivity index (χ1n) is 8.58. The number of para-hydroxylation sites is 1. The monoisotopic (exact) mass is 404 g/mol. The molecule has 0 fully saturated rings. The van der Waals surface area contributed by atoms with Crippen LogP contribution in [0, 0.1) is 6.92 Å². The van der Waals surface area contributed by atoms with E-state index in [4.69, 9.17) is 30.5 Å². The van der Waals surface area contributed by atoms with E-state index in [0.717, 1.165) is 5.56 Å². The largest absolute Gasteiger partial charge is 0.493 e. The van der Waals surface area contributed by atoms with Gasteiger partial charge in [-0.3, -0.25) is 4.79 Å². The van der Waals surface area contributed by atoms with Crippen LogP contribution in [0.3, 0.4) is 0 Å². The van der Waals surface area contributed by atoms with Gasteiger partial charge in [0.25, 0.3) is 0 Å². The summed E-state index contributed by atoms with van der Waals surface area (Å²) in [7, 11) is 3.08. The number of carbonyl (C=O) groups is 1. The van der Waals surface area contributed by atoms with Crippen molar-refractivity contribution in [2.75, 3.05) is 20.8 Å². The molecule has 1 aliphatic rings. The van der Waals surface area contributed by atoms with Crippen molar-refractivity contribution >= 4 is 23.4 Å². The van der Waals surface area contributed by atoms with E-state index in [0.29, 0.717) is 27.8 Å². The van der Waals surface area contributed by atoms with Gasteiger partial charge in [-0.1, -0.05) is 17.7 Å². The summed E-state index contributed by atoms with van der Waals surface area (Å²) in [5.74, 6) is 1.68. The average molecular weight is 405 g/mol. The molecule has 148 valence electrons. The van der Waals surface area contributed by atoms with E-state index in [1.807, 2.05) is 6.92 Å². The van der Waals surface area contributed by atoms with Gasteiger partial charge in [0.15, 0.2) is 18.1 Å². The van der Waals surface area contributed by atoms with Crippen molar-refractivity contribution in [1.82, 2.24) is 5.01 Å². The quantitative estimate of drug-likeness (QED) is 0.729. The molecule has 0 N–H and O–H groups in total. The fourth-order valence-corrected chi connectivity index (χ4v) is 3.12. The number of hydrazone groups is 1. The Hall–Kier alpha value is -2.93. The number of carbonyl (C=O) groups excluding carboxylic acids is 1. The Morgan fingerprint density at radius 1 is 1.21 bits per heavy atom. The third kappa shape index (κ3) is 3.99. The molecule has 0 bridgehead atoms. The van der Waals surface area contributed by atoms with Crippen LogP contribution in [0.2, 0.25) is 5.02 Å². The number of hydrogen-bond acceptors (Lipinski definition) is 6. The highest BCUT2D eigenvalue weighted by Crippen LogP contribution is 2.39. The molecule has 0 spiro atoms. The molecule has 2 aromatic rings. The van der Waals surface area contributed by atoms with Crippen molar-refractivity contribution in [3.05, 3.63) is 52.5 Å². The molecule has 1 atom stereocenters. The first-order chi connectivity index (χ1) is 13.4. The van der Waals surface area contributed by atoms with E-state index < -0.39 is 6.23 Å². The maximum atomic E-state index is 12.1. The SMILES string of the molecule is COc1cccc([C@@H]2OC(COc3ccc(Cl)cc3C)=NN2C(C)=O)c1OC. The third-order valence-corrected chi connectivity index (χ3v) is 4.43. The predicted octanol–water partition coefficient (Wildman–Crippen LogP) is 3.94. The van der Waals surface area contributed by atoms with Gasteiger partial charge in [-0.05, 0) is 42.8 Å². The molecular formula is C20H21ClN2O5. The standard InChI is InChI=1S/C20H21ClN2O5/c1-12-10-14(21)8-9-16(12)27-11-18-22-23(13(2)24)20(28-18)15-6-5-7-17(25-3)19(15)26-4/h5-10,20H,11H2,1-4H3/t20-/m0/s1. The number of ether oxygens (including phenoxy) is 4. The molecule has 8 heteroatoms. The fourth-order valence-electron chi connectivity index (χ4n) is 2.89. The van der Waals surface area contributed by atoms with Crippen molar-refractivity contribution < 1.29 is 23.7 Å². The summed E-state index contributed by atoms with van der Waals surface area (Å²) >= 11 is 5.97. The lowest BCUT2D eigenvalue weighted by Gasteiger charge is -2.22. The van der Waals surface area contributed by atoms with Crippen molar-refractivity contribution in [3.8, 4) is 17.2 Å². The minimum Gasteiger partial charge on any atom is -0.493 e. The summed E-state index contributed by atoms with van der Waals surface area (Å²) in [6, 6.07) is 10.7. The first kappa shape index (κ1) is 19.8. The highest BCUT2D eigenvalue weighted by atomic mass is 35.5. The number of rotatable bonds is 6. The summed E-state index contributed by atoms with van der Waals surface area (Å²) < 4.78 is 22.5. The number of amides is 1. The summed E-state index contributed by atoms with van der Waals surface area (Å²) in [5, 5.41) is 6.16. The maximum absolute atomic E-state index is 12.1. The molecule has 0 aliphatic carbocycles. The molecule has 1 aliphatic heterocycles. The van der Waals surface area contributed by atoms with Gasteiger partial charge in [-0.2, -0.15) is 5.01 Å². The average Bonchev–Trinajstić information content (AvgIpc) is 3.11. The minimum atomic E-state index is -0.771. The molecule has 0 aromatic heterocycles. The van der Waals surface area contributed by atoms with Crippen LogP contribution >= 0.6 is 11.6 Å². The van der Waals surface area contributed by atoms with Crippen LogP contribution in [0.1, 0.15) is 24.3 Å². The van der Waals surface area contributed by atoms with Crippen LogP contribution in [-0.2, 0) is 9.53 Å². The molecule has 28 heavy (non-hydrogen) atoms. The summed E-state index contributed by atoms with van der Waals surface area (Å²) in [5.41, 5.74) is 1.51. The van der Waals surface area contributed by atoms with Gasteiger partial charge >= 0.3 is 0 Å². The zero-order valence-corrected chi connectivity index (χ0v) is 16.8. The Bertz CT molecular complexity index is 915. The Labute approximate surface area is 168 Å². The van der Waals surface area contributed by atoms with Gasteiger partial charge in [0, 0.05) is 11.9 Å². The van der Waals surface area contributed by atoms with Crippen molar-refractivity contribution in [1.29, 1.82) is 0 Å². The Morgan fingerprint density at radius 3 is 2.64 bits per heavy atom. The number of benzene rings is 2. The van der Waals surface area contributed by atoms with Gasteiger partial charge < -0.3 is 18.9 Å². The Morgan fingerprint density at radius 2 is 2.00 bits per heavy atom. The van der Waals surface area contributed by atoms with E-state index >= 15 is 0 Å². The molecule has 2 aromatic carbocycles. The van der Waals surface area contributed by atoms with Crippen LogP contribution in [0.4, 0.5) is 0 Å². The number of methoxy groups -OCH3 is 2. The second-order valence-electron chi connectivity index (χ2n) is 6.11. The Balaban J connectivity index is 1.82. The molecule has 1 heterocycles. The molecular weight excluding hydrogens is 384 g/mol. The topological polar surface area (TPSA) is 69.6 Å². The second kappa shape index (κ2) is 8.39. The number of nitrogens with zero attached hydrogens (tertiary/aromatic N) is 2. The van der Waals surface area contributed by atoms with Crippen molar-refractivity contribution in [3.63, 3.8) is 0 Å². The molecule has 0 radical (unpaired) electrons. The zero-order valence-electron chi connectivity index (χ0n) is 16.1. The number of hydrogen-bond donors (Lipinski definition) is 0. The minimum absolute atomic E-state index is 0.0645. The summed E-state index contributed by atoms with van der Waals surface area (Å²) in [4.78, 5) is 12.1. The van der Waals surface area contributed by atoms with E-state index in [-0.39, 0.29) is 18.4 Å². The van der Waals surface area contributed by atoms with Crippen molar-refractivity contribution in [2.24, 2.45) is 5.10 Å². The molecule has 1 amide bonds. The van der Waals surface area contributed by atoms with E-state index in [1.165, 1.54) is 19.0 Å². The van der Waals surface area contributed by atoms with E-state index in [2.05, 4.69) is 5.10 Å². The molecule has 7 nitrogen and oxygen atoms in total. The van der Waals surface area contributed by atoms with Gasteiger partial charge in [-0.25, -0.2) is 0 Å². The highest BCUT2D eigenvalue weighted by molar-refractivity contribution is 6.30. The lowest BCUT2D eigenvalue weighted by molar-refractivity contribution is -0.135. The van der Waals surface area contributed by atoms with Gasteiger partial charge in [0.1, 0.15) is 5.75 Å².